The van der Waals surface area contributed by atoms with Gasteiger partial charge in [0.2, 0.25) is 11.8 Å². The van der Waals surface area contributed by atoms with Gasteiger partial charge in [-0.3, -0.25) is 20.1 Å². The Morgan fingerprint density at radius 1 is 1.28 bits per heavy atom. The van der Waals surface area contributed by atoms with E-state index < -0.39 is 11.9 Å². The van der Waals surface area contributed by atoms with Gasteiger partial charge in [0.1, 0.15) is 11.7 Å². The first kappa shape index (κ1) is 26.7. The van der Waals surface area contributed by atoms with Gasteiger partial charge in [-0.2, -0.15) is 0 Å². The van der Waals surface area contributed by atoms with Crippen molar-refractivity contribution in [1.82, 2.24) is 15.4 Å². The van der Waals surface area contributed by atoms with Gasteiger partial charge in [0.05, 0.1) is 43.5 Å². The minimum Gasteiger partial charge on any atom is -0.481 e. The number of hydrogen-bond acceptors (Lipinski definition) is 10. The number of fused-ring (bicyclic) bond motifs is 1. The molecule has 4 heterocycles. The number of pyridine rings is 1. The number of nitrogens with two attached hydrogens (primary N) is 1. The molecule has 0 radical (unpaired) electrons. The average molecular weight is 538 g/mol. The highest BCUT2D eigenvalue weighted by molar-refractivity contribution is 6.11. The van der Waals surface area contributed by atoms with E-state index in [-0.39, 0.29) is 43.1 Å². The van der Waals surface area contributed by atoms with Gasteiger partial charge in [0.25, 0.3) is 5.91 Å². The molecule has 0 aliphatic carbocycles. The second-order valence-corrected chi connectivity index (χ2v) is 9.80. The minimum absolute atomic E-state index is 0.0749. The number of amides is 1. The Balaban J connectivity index is 1.44. The van der Waals surface area contributed by atoms with Gasteiger partial charge in [0.15, 0.2) is 6.61 Å². The number of ether oxygens (including phenoxy) is 1. The number of benzene rings is 1. The molecular weight excluding hydrogens is 505 g/mol. The number of guanidine groups is 1. The van der Waals surface area contributed by atoms with E-state index in [0.29, 0.717) is 35.9 Å². The lowest BCUT2D eigenvalue weighted by atomic mass is 9.82. The van der Waals surface area contributed by atoms with Crippen LogP contribution in [-0.2, 0) is 9.63 Å². The maximum atomic E-state index is 14.4. The number of rotatable bonds is 7. The molecular formula is C27H32FN7O4. The number of methoxy groups -OCH3 is 1. The molecule has 1 aromatic carbocycles. The predicted molar refractivity (Wildman–Crippen MR) is 144 cm³/mol. The summed E-state index contributed by atoms with van der Waals surface area (Å²) in [6.45, 7) is 2.14. The molecule has 1 fully saturated rings. The van der Waals surface area contributed by atoms with Crippen molar-refractivity contribution >= 4 is 23.4 Å². The summed E-state index contributed by atoms with van der Waals surface area (Å²) in [7, 11) is 1.52. The van der Waals surface area contributed by atoms with Crippen molar-refractivity contribution in [1.29, 1.82) is 0 Å². The minimum atomic E-state index is -0.434. The largest absolute Gasteiger partial charge is 0.481 e. The second-order valence-electron chi connectivity index (χ2n) is 9.80. The Labute approximate surface area is 225 Å². The predicted octanol–water partition coefficient (Wildman–Crippen LogP) is 2.02. The molecule has 3 aliphatic rings. The molecule has 0 bridgehead atoms. The Morgan fingerprint density at radius 3 is 2.92 bits per heavy atom. The van der Waals surface area contributed by atoms with Crippen molar-refractivity contribution in [3.05, 3.63) is 47.8 Å². The molecule has 2 unspecified atom stereocenters. The van der Waals surface area contributed by atoms with Crippen molar-refractivity contribution in [3.8, 4) is 17.1 Å². The molecule has 0 spiro atoms. The fraction of sp³-hybridized carbons (Fsp3) is 0.444. The average Bonchev–Trinajstić information content (AvgIpc) is 3.41. The molecule has 4 atom stereocenters. The van der Waals surface area contributed by atoms with Crippen molar-refractivity contribution in [2.24, 2.45) is 26.6 Å². The molecule has 1 aromatic heterocycles. The number of amidine groups is 1. The summed E-state index contributed by atoms with van der Waals surface area (Å²) in [6, 6.07) is 8.91. The standard InChI is InChI=1S/C27H32FN7O4/c1-15-25-22(33-27(29)30-15)12-21(32-26(25)34-39-14-24(37)35-10-4-5-17(35)13-36)18-9-8-16(28)11-19(18)20-6-3-7-23(31-20)38-2/h3,6-9,11,17,21-22,25,36H,4-5,10,12-14H2,1-2H3,(H2,29,33)(H,32,34)/t17-,21?,22-,25?/m1/s1. The quantitative estimate of drug-likeness (QED) is 0.458. The summed E-state index contributed by atoms with van der Waals surface area (Å²) < 4.78 is 19.7. The van der Waals surface area contributed by atoms with Gasteiger partial charge in [-0.15, -0.1) is 0 Å². The highest BCUT2D eigenvalue weighted by Crippen LogP contribution is 2.39. The molecule has 206 valence electrons. The zero-order valence-electron chi connectivity index (χ0n) is 21.9. The summed E-state index contributed by atoms with van der Waals surface area (Å²) in [6.07, 6.45) is 2.11. The van der Waals surface area contributed by atoms with Crippen LogP contribution in [0, 0.1) is 11.7 Å². The number of carbonyl (C=O) groups excluding carboxylic acids is 1. The van der Waals surface area contributed by atoms with E-state index in [0.717, 1.165) is 24.1 Å². The number of nitrogens with one attached hydrogen (secondary N) is 1. The SMILES string of the molecule is COc1cccc(-c2cc(F)ccc2C2C[C@H]3N=C(N)N=C(C)C3C(NOCC(=O)N3CCC[C@@H]3CO)=N2)n1. The lowest BCUT2D eigenvalue weighted by molar-refractivity contribution is -0.139. The lowest BCUT2D eigenvalue weighted by Crippen LogP contribution is -2.48. The van der Waals surface area contributed by atoms with Crippen LogP contribution in [0.2, 0.25) is 0 Å². The Kier molecular flexibility index (Phi) is 7.84. The number of hydrogen-bond donors (Lipinski definition) is 3. The van der Waals surface area contributed by atoms with E-state index in [1.165, 1.54) is 19.2 Å². The van der Waals surface area contributed by atoms with E-state index in [2.05, 4.69) is 20.4 Å². The van der Waals surface area contributed by atoms with Crippen molar-refractivity contribution in [3.63, 3.8) is 0 Å². The maximum absolute atomic E-state index is 14.4. The van der Waals surface area contributed by atoms with E-state index in [4.69, 9.17) is 20.3 Å². The van der Waals surface area contributed by atoms with Crippen LogP contribution in [-0.4, -0.2) is 77.4 Å². The number of aliphatic imine (C=N–C) groups is 3. The van der Waals surface area contributed by atoms with E-state index in [9.17, 15) is 14.3 Å². The van der Waals surface area contributed by atoms with Crippen LogP contribution >= 0.6 is 0 Å². The van der Waals surface area contributed by atoms with Gasteiger partial charge < -0.3 is 20.5 Å². The highest BCUT2D eigenvalue weighted by Gasteiger charge is 2.39. The molecule has 12 heteroatoms. The number of carbonyl (C=O) groups is 1. The summed E-state index contributed by atoms with van der Waals surface area (Å²) in [5, 5.41) is 9.54. The Hall–Kier alpha value is -3.90. The van der Waals surface area contributed by atoms with Gasteiger partial charge in [-0.1, -0.05) is 12.1 Å². The number of aromatic nitrogens is 1. The number of aliphatic hydroxyl groups is 1. The third-order valence-electron chi connectivity index (χ3n) is 7.34. The highest BCUT2D eigenvalue weighted by atomic mass is 19.1. The fourth-order valence-electron chi connectivity index (χ4n) is 5.51. The first-order chi connectivity index (χ1) is 18.9. The normalized spacial score (nSPS) is 24.4. The molecule has 2 aromatic rings. The first-order valence-corrected chi connectivity index (χ1v) is 12.9. The number of aliphatic hydroxyl groups excluding tert-OH is 1. The Morgan fingerprint density at radius 2 is 2.13 bits per heavy atom. The third-order valence-corrected chi connectivity index (χ3v) is 7.34. The molecule has 1 saturated heterocycles. The molecule has 39 heavy (non-hydrogen) atoms. The monoisotopic (exact) mass is 537 g/mol. The van der Waals surface area contributed by atoms with Gasteiger partial charge in [0, 0.05) is 23.9 Å². The molecule has 0 saturated carbocycles. The smallest absolute Gasteiger partial charge is 0.251 e. The topological polar surface area (TPSA) is 147 Å². The number of halogens is 1. The van der Waals surface area contributed by atoms with Crippen molar-refractivity contribution in [2.45, 2.75) is 44.3 Å². The molecule has 1 amide bonds. The van der Waals surface area contributed by atoms with Crippen molar-refractivity contribution < 1.29 is 23.9 Å². The van der Waals surface area contributed by atoms with Crippen LogP contribution in [0.3, 0.4) is 0 Å². The summed E-state index contributed by atoms with van der Waals surface area (Å²) in [5.41, 5.74) is 11.5. The van der Waals surface area contributed by atoms with E-state index >= 15 is 0 Å². The zero-order chi connectivity index (χ0) is 27.5. The lowest BCUT2D eigenvalue weighted by Gasteiger charge is -2.35. The molecule has 3 aliphatic heterocycles. The summed E-state index contributed by atoms with van der Waals surface area (Å²) in [4.78, 5) is 38.3. The maximum Gasteiger partial charge on any atom is 0.251 e. The van der Waals surface area contributed by atoms with Crippen LogP contribution in [0.1, 0.15) is 37.8 Å². The van der Waals surface area contributed by atoms with Gasteiger partial charge >= 0.3 is 0 Å². The van der Waals surface area contributed by atoms with Crippen LogP contribution in [0.15, 0.2) is 51.4 Å². The van der Waals surface area contributed by atoms with E-state index in [1.807, 2.05) is 6.92 Å². The molecule has 11 nitrogen and oxygen atoms in total. The van der Waals surface area contributed by atoms with Gasteiger partial charge in [-0.05, 0) is 49.9 Å². The van der Waals surface area contributed by atoms with Crippen molar-refractivity contribution in [2.75, 3.05) is 26.9 Å². The molecule has 5 rings (SSSR count). The van der Waals surface area contributed by atoms with Crippen LogP contribution in [0.25, 0.3) is 11.3 Å². The first-order valence-electron chi connectivity index (χ1n) is 12.9. The summed E-state index contributed by atoms with van der Waals surface area (Å²) >= 11 is 0. The number of likely N-dealkylation sites (tertiary alicyclic amines) is 1. The third kappa shape index (κ3) is 5.62. The Bertz CT molecular complexity index is 1330. The van der Waals surface area contributed by atoms with Gasteiger partial charge in [-0.25, -0.2) is 19.4 Å². The van der Waals surface area contributed by atoms with Crippen LogP contribution in [0.4, 0.5) is 4.39 Å². The van der Waals surface area contributed by atoms with Crippen LogP contribution < -0.4 is 16.0 Å². The number of hydroxylamine groups is 1. The second kappa shape index (κ2) is 11.5. The molecule has 4 N–H and O–H groups in total. The van der Waals surface area contributed by atoms with E-state index in [1.54, 1.807) is 29.2 Å². The number of nitrogens with zero attached hydrogens (tertiary/aromatic N) is 5. The fourth-order valence-corrected chi connectivity index (χ4v) is 5.51. The van der Waals surface area contributed by atoms with Crippen LogP contribution in [0.5, 0.6) is 5.88 Å². The summed E-state index contributed by atoms with van der Waals surface area (Å²) in [5.74, 6) is 0.109. The zero-order valence-corrected chi connectivity index (χ0v) is 21.9.